The molecule has 0 N–H and O–H groups in total. The molecule has 9 rings (SSSR count). The summed E-state index contributed by atoms with van der Waals surface area (Å²) in [5, 5.41) is 3.51. The van der Waals surface area contributed by atoms with Crippen molar-refractivity contribution in [3.8, 4) is 0 Å². The summed E-state index contributed by atoms with van der Waals surface area (Å²) < 4.78 is 1.31. The standard InChI is InChI=1S/C40H40N2Si.2ClH.Zr/c1-27-25-31-15-9-21-35(41-23-11-17-29-13-5-7-19-33(29)41)37(31)39(27)43(3,4)40-28(2)26-32-16-10-22-36(38(32)40)42-24-12-18-30-14-6-8-20-34(30)42;;;/h5-10,13-16,19-22,25-26H,11-12,17-18,23-24H2,1-4H3;2*1H;/q;;;+2/p-2. The summed E-state index contributed by atoms with van der Waals surface area (Å²) >= 11 is -0.919. The number of para-hydroxylation sites is 2. The van der Waals surface area contributed by atoms with Gasteiger partial charge in [0.1, 0.15) is 0 Å². The molecule has 4 aromatic rings. The Hall–Kier alpha value is -2.36. The monoisotopic (exact) mass is 736 g/mol. The van der Waals surface area contributed by atoms with Crippen LogP contribution in [-0.4, -0.2) is 21.2 Å². The first-order valence-electron chi connectivity index (χ1n) is 16.6. The van der Waals surface area contributed by atoms with Crippen LogP contribution in [0.25, 0.3) is 10.4 Å². The third kappa shape index (κ3) is 4.50. The van der Waals surface area contributed by atoms with Gasteiger partial charge in [0.2, 0.25) is 0 Å². The maximum absolute atomic E-state index is 2.70. The van der Waals surface area contributed by atoms with Crippen molar-refractivity contribution < 1.29 is 48.0 Å². The van der Waals surface area contributed by atoms with Crippen molar-refractivity contribution in [3.05, 3.63) is 129 Å². The number of nitrogens with zero attached hydrogens (tertiary/aromatic N) is 2. The Kier molecular flexibility index (Phi) is 8.37. The molecule has 2 atom stereocenters. The van der Waals surface area contributed by atoms with Crippen molar-refractivity contribution in [1.29, 1.82) is 0 Å². The molecule has 6 heteroatoms. The van der Waals surface area contributed by atoms with Crippen LogP contribution in [0.15, 0.2) is 96.1 Å². The second-order valence-corrected chi connectivity index (χ2v) is 21.9. The predicted octanol–water partition coefficient (Wildman–Crippen LogP) is 4.10. The van der Waals surface area contributed by atoms with E-state index in [1.807, 2.05) is 0 Å². The molecule has 2 unspecified atom stereocenters. The molecule has 0 amide bonds. The van der Waals surface area contributed by atoms with E-state index >= 15 is 0 Å². The fourth-order valence-corrected chi connectivity index (χ4v) is 19.5. The average molecular weight is 739 g/mol. The van der Waals surface area contributed by atoms with Crippen LogP contribution in [0.1, 0.15) is 67.3 Å². The van der Waals surface area contributed by atoms with Gasteiger partial charge in [-0.15, -0.1) is 0 Å². The number of benzene rings is 4. The smallest absolute Gasteiger partial charge is 1.00 e. The van der Waals surface area contributed by atoms with Crippen LogP contribution in [0.5, 0.6) is 0 Å². The minimum absolute atomic E-state index is 0. The maximum atomic E-state index is 2.70. The number of hydrogen-bond donors (Lipinski definition) is 0. The minimum atomic E-state index is -2.12. The molecule has 0 radical (unpaired) electrons. The molecule has 2 aliphatic carbocycles. The fourth-order valence-electron chi connectivity index (χ4n) is 9.64. The third-order valence-corrected chi connectivity index (χ3v) is 20.4. The van der Waals surface area contributed by atoms with Gasteiger partial charge >= 0.3 is 277 Å². The van der Waals surface area contributed by atoms with Crippen molar-refractivity contribution in [2.45, 2.75) is 59.9 Å². The van der Waals surface area contributed by atoms with Crippen LogP contribution in [0, 0.1) is 0 Å². The van der Waals surface area contributed by atoms with Gasteiger partial charge in [0.05, 0.1) is 0 Å². The molecule has 0 saturated carbocycles. The normalized spacial score (nSPS) is 21.4. The molecule has 232 valence electrons. The Morgan fingerprint density at radius 2 is 0.978 bits per heavy atom. The van der Waals surface area contributed by atoms with Gasteiger partial charge in [0.15, 0.2) is 0 Å². The van der Waals surface area contributed by atoms with Gasteiger partial charge in [0.25, 0.3) is 0 Å². The molecule has 3 aliphatic heterocycles. The summed E-state index contributed by atoms with van der Waals surface area (Å²) in [4.78, 5) is 5.37. The first kappa shape index (κ1) is 32.2. The number of aryl methyl sites for hydroxylation is 2. The van der Waals surface area contributed by atoms with E-state index in [-0.39, 0.29) is 24.8 Å². The van der Waals surface area contributed by atoms with Crippen LogP contribution in [0.4, 0.5) is 22.7 Å². The van der Waals surface area contributed by atoms with Crippen molar-refractivity contribution in [3.63, 3.8) is 0 Å². The molecule has 0 spiro atoms. The summed E-state index contributed by atoms with van der Waals surface area (Å²) in [5.41, 5.74) is 18.8. The number of rotatable bonds is 2. The maximum Gasteiger partial charge on any atom is -1.00 e. The second-order valence-electron chi connectivity index (χ2n) is 14.0. The first-order valence-corrected chi connectivity index (χ1v) is 22.4. The molecular formula is C40H40Cl2N2SiZr. The number of fused-ring (bicyclic) bond motifs is 10. The van der Waals surface area contributed by atoms with Crippen molar-refractivity contribution >= 4 is 41.2 Å². The van der Waals surface area contributed by atoms with Crippen LogP contribution in [-0.2, 0) is 36.1 Å². The third-order valence-electron chi connectivity index (χ3n) is 11.3. The molecule has 2 nitrogen and oxygen atoms in total. The Labute approximate surface area is 299 Å². The summed E-state index contributed by atoms with van der Waals surface area (Å²) in [6.07, 6.45) is 4.82. The van der Waals surface area contributed by atoms with E-state index in [1.165, 1.54) is 59.6 Å². The topological polar surface area (TPSA) is 6.48 Å². The zero-order valence-corrected chi connectivity index (χ0v) is 32.1. The quantitative estimate of drug-likeness (QED) is 0.286. The minimum Gasteiger partial charge on any atom is -1.00 e. The van der Waals surface area contributed by atoms with Gasteiger partial charge in [-0.2, -0.15) is 0 Å². The van der Waals surface area contributed by atoms with E-state index in [2.05, 4.69) is 122 Å². The van der Waals surface area contributed by atoms with Crippen LogP contribution < -0.4 is 34.6 Å². The van der Waals surface area contributed by atoms with E-state index in [0.717, 1.165) is 13.1 Å². The predicted molar refractivity (Wildman–Crippen MR) is 185 cm³/mol. The Bertz CT molecular complexity index is 1810. The zero-order chi connectivity index (χ0) is 29.7. The second kappa shape index (κ2) is 12.0. The molecule has 4 aromatic carbocycles. The largest absolute Gasteiger partial charge is 1.00 e. The number of hydrogen-bond acceptors (Lipinski definition) is 2. The van der Waals surface area contributed by atoms with Gasteiger partial charge in [0, 0.05) is 0 Å². The molecule has 5 aliphatic rings. The Balaban J connectivity index is 0.00000169. The summed E-state index contributed by atoms with van der Waals surface area (Å²) in [5.74, 6) is 0. The molecule has 0 aromatic heterocycles. The van der Waals surface area contributed by atoms with Crippen LogP contribution >= 0.6 is 0 Å². The van der Waals surface area contributed by atoms with Gasteiger partial charge < -0.3 is 24.8 Å². The fraction of sp³-hybridized carbons (Fsp3) is 0.300. The molecule has 0 fully saturated rings. The zero-order valence-electron chi connectivity index (χ0n) is 27.1. The summed E-state index contributed by atoms with van der Waals surface area (Å²) in [6, 6.07) is 33.0. The molecular weight excluding hydrogens is 699 g/mol. The van der Waals surface area contributed by atoms with Crippen molar-refractivity contribution in [1.82, 2.24) is 0 Å². The molecule has 0 saturated heterocycles. The van der Waals surface area contributed by atoms with E-state index in [9.17, 15) is 0 Å². The van der Waals surface area contributed by atoms with Gasteiger partial charge in [-0.25, -0.2) is 0 Å². The average Bonchev–Trinajstić information content (AvgIpc) is 3.52. The molecule has 3 heterocycles. The van der Waals surface area contributed by atoms with Gasteiger partial charge in [-0.1, -0.05) is 0 Å². The van der Waals surface area contributed by atoms with Gasteiger partial charge in [-0.3, -0.25) is 0 Å². The molecule has 4 bridgehead atoms. The van der Waals surface area contributed by atoms with Gasteiger partial charge in [-0.05, 0) is 0 Å². The van der Waals surface area contributed by atoms with Crippen molar-refractivity contribution in [2.75, 3.05) is 22.9 Å². The van der Waals surface area contributed by atoms with E-state index in [0.29, 0.717) is 7.25 Å². The van der Waals surface area contributed by atoms with Crippen molar-refractivity contribution in [2.24, 2.45) is 0 Å². The van der Waals surface area contributed by atoms with Crippen LogP contribution in [0.2, 0.25) is 13.1 Å². The van der Waals surface area contributed by atoms with E-state index in [1.54, 1.807) is 43.8 Å². The Morgan fingerprint density at radius 3 is 1.43 bits per heavy atom. The number of anilines is 4. The SMILES string of the molecule is CC1=C2c3c(cccc3N3CCCc4ccccc43)[CH]1[Zr+2][CH]1C(C)=C(c3c1cccc3N1CCCc3ccccc31)[Si]2(C)C.[Cl-].[Cl-]. The Morgan fingerprint density at radius 1 is 0.565 bits per heavy atom. The van der Waals surface area contributed by atoms with Crippen LogP contribution in [0.3, 0.4) is 0 Å². The van der Waals surface area contributed by atoms with E-state index < -0.39 is 31.3 Å². The number of allylic oxidation sites excluding steroid dienone is 2. The summed E-state index contributed by atoms with van der Waals surface area (Å²) in [7, 11) is -2.12. The molecule has 46 heavy (non-hydrogen) atoms. The first-order chi connectivity index (χ1) is 21.4. The van der Waals surface area contributed by atoms with E-state index in [4.69, 9.17) is 0 Å². The summed E-state index contributed by atoms with van der Waals surface area (Å²) in [6.45, 7) is 12.7. The number of halogens is 2.